The molecule has 1 N–H and O–H groups in total. The van der Waals surface area contributed by atoms with Gasteiger partial charge in [0.2, 0.25) is 5.91 Å². The van der Waals surface area contributed by atoms with Gasteiger partial charge in [0.25, 0.3) is 0 Å². The van der Waals surface area contributed by atoms with Gasteiger partial charge in [-0.3, -0.25) is 4.79 Å². The van der Waals surface area contributed by atoms with E-state index in [1.54, 1.807) is 0 Å². The lowest BCUT2D eigenvalue weighted by molar-refractivity contribution is -0.142. The molecular weight excluding hydrogens is 276 g/mol. The lowest BCUT2D eigenvalue weighted by Gasteiger charge is -2.41. The van der Waals surface area contributed by atoms with Crippen molar-refractivity contribution in [3.63, 3.8) is 0 Å². The Kier molecular flexibility index (Phi) is 5.89. The second-order valence-corrected chi connectivity index (χ2v) is 8.30. The second-order valence-electron chi connectivity index (χ2n) is 8.30. The predicted molar refractivity (Wildman–Crippen MR) is 89.8 cm³/mol. The quantitative estimate of drug-likeness (QED) is 0.871. The number of nitrogens with zero attached hydrogens (tertiary/aromatic N) is 1. The molecule has 1 aliphatic heterocycles. The molecule has 2 aliphatic rings. The van der Waals surface area contributed by atoms with Gasteiger partial charge >= 0.3 is 0 Å². The third-order valence-electron chi connectivity index (χ3n) is 5.17. The van der Waals surface area contributed by atoms with Gasteiger partial charge in [0, 0.05) is 19.1 Å². The molecule has 4 nitrogen and oxygen atoms in total. The van der Waals surface area contributed by atoms with E-state index in [0.29, 0.717) is 23.9 Å². The van der Waals surface area contributed by atoms with E-state index in [1.165, 1.54) is 25.7 Å². The van der Waals surface area contributed by atoms with Gasteiger partial charge in [-0.15, -0.1) is 0 Å². The first-order valence-corrected chi connectivity index (χ1v) is 8.94. The van der Waals surface area contributed by atoms with Crippen molar-refractivity contribution in [3.05, 3.63) is 0 Å². The van der Waals surface area contributed by atoms with E-state index in [2.05, 4.69) is 26.1 Å². The fraction of sp³-hybridized carbons (Fsp3) is 0.944. The molecule has 128 valence electrons. The summed E-state index contributed by atoms with van der Waals surface area (Å²) in [5.41, 5.74) is 0.309. The topological polar surface area (TPSA) is 41.6 Å². The number of ether oxygens (including phenoxy) is 1. The Morgan fingerprint density at radius 1 is 1.14 bits per heavy atom. The molecule has 1 saturated carbocycles. The van der Waals surface area contributed by atoms with Crippen molar-refractivity contribution in [1.82, 2.24) is 10.2 Å². The molecule has 0 aromatic heterocycles. The maximum absolute atomic E-state index is 12.5. The lowest BCUT2D eigenvalue weighted by Crippen LogP contribution is -2.53. The molecule has 0 unspecified atom stereocenters. The Bertz CT molecular complexity index is 368. The van der Waals surface area contributed by atoms with Crippen LogP contribution >= 0.6 is 0 Å². The molecule has 4 heteroatoms. The van der Waals surface area contributed by atoms with Crippen LogP contribution in [0.1, 0.15) is 60.3 Å². The Balaban J connectivity index is 1.86. The van der Waals surface area contributed by atoms with Crippen LogP contribution in [0.5, 0.6) is 0 Å². The van der Waals surface area contributed by atoms with Crippen LogP contribution in [0.3, 0.4) is 0 Å². The number of hydrogen-bond donors (Lipinski definition) is 1. The summed E-state index contributed by atoms with van der Waals surface area (Å²) in [4.78, 5) is 14.5. The molecule has 0 aromatic rings. The van der Waals surface area contributed by atoms with Gasteiger partial charge in [0.15, 0.2) is 0 Å². The van der Waals surface area contributed by atoms with Crippen molar-refractivity contribution in [2.24, 2.45) is 11.3 Å². The summed E-state index contributed by atoms with van der Waals surface area (Å²) < 4.78 is 5.71. The Morgan fingerprint density at radius 3 is 2.32 bits per heavy atom. The Labute approximate surface area is 136 Å². The number of nitrogens with one attached hydrogen (secondary N) is 1. The van der Waals surface area contributed by atoms with E-state index in [1.807, 2.05) is 18.7 Å². The molecule has 0 aromatic carbocycles. The standard InChI is InChI=1S/C18H34N2O2/c1-13-11-20(12-14(2)22-13)17(21)10-19-16-9-7-6-8-15(16)18(3,4)5/h13-16,19H,6-12H2,1-5H3/t13-,14+,15-,16-/m1/s1. The number of hydrogen-bond acceptors (Lipinski definition) is 3. The largest absolute Gasteiger partial charge is 0.372 e. The predicted octanol–water partition coefficient (Wildman–Crippen LogP) is 2.82. The van der Waals surface area contributed by atoms with Gasteiger partial charge in [0.05, 0.1) is 18.8 Å². The highest BCUT2D eigenvalue weighted by molar-refractivity contribution is 5.78. The Hall–Kier alpha value is -0.610. The van der Waals surface area contributed by atoms with Gasteiger partial charge in [-0.1, -0.05) is 33.6 Å². The van der Waals surface area contributed by atoms with Crippen LogP contribution in [-0.4, -0.2) is 48.7 Å². The van der Waals surface area contributed by atoms with E-state index in [9.17, 15) is 4.79 Å². The normalized spacial score (nSPS) is 33.8. The minimum atomic E-state index is 0.143. The van der Waals surface area contributed by atoms with Crippen molar-refractivity contribution < 1.29 is 9.53 Å². The molecule has 0 bridgehead atoms. The van der Waals surface area contributed by atoms with Crippen LogP contribution in [0.2, 0.25) is 0 Å². The minimum absolute atomic E-state index is 0.143. The average Bonchev–Trinajstić information content (AvgIpc) is 2.43. The highest BCUT2D eigenvalue weighted by Gasteiger charge is 2.34. The molecular formula is C18H34N2O2. The van der Waals surface area contributed by atoms with E-state index in [0.717, 1.165) is 13.1 Å². The maximum Gasteiger partial charge on any atom is 0.236 e. The van der Waals surface area contributed by atoms with Crippen LogP contribution in [0.4, 0.5) is 0 Å². The van der Waals surface area contributed by atoms with Crippen LogP contribution in [-0.2, 0) is 9.53 Å². The summed E-state index contributed by atoms with van der Waals surface area (Å²) in [7, 11) is 0. The van der Waals surface area contributed by atoms with E-state index in [-0.39, 0.29) is 18.1 Å². The van der Waals surface area contributed by atoms with Crippen molar-refractivity contribution >= 4 is 5.91 Å². The number of amides is 1. The van der Waals surface area contributed by atoms with Crippen LogP contribution in [0.25, 0.3) is 0 Å². The average molecular weight is 310 g/mol. The molecule has 4 atom stereocenters. The highest BCUT2D eigenvalue weighted by atomic mass is 16.5. The summed E-state index contributed by atoms with van der Waals surface area (Å²) in [6.07, 6.45) is 5.37. The SMILES string of the molecule is C[C@@H]1CN(C(=O)CN[C@@H]2CCCC[C@H]2C(C)(C)C)C[C@H](C)O1. The van der Waals surface area contributed by atoms with Gasteiger partial charge < -0.3 is 15.0 Å². The molecule has 1 saturated heterocycles. The summed E-state index contributed by atoms with van der Waals surface area (Å²) in [5, 5.41) is 3.57. The summed E-state index contributed by atoms with van der Waals surface area (Å²) in [6, 6.07) is 0.480. The highest BCUT2D eigenvalue weighted by Crippen LogP contribution is 2.37. The molecule has 2 fully saturated rings. The minimum Gasteiger partial charge on any atom is -0.372 e. The number of carbonyl (C=O) groups is 1. The van der Waals surface area contributed by atoms with Gasteiger partial charge in [-0.25, -0.2) is 0 Å². The van der Waals surface area contributed by atoms with Crippen molar-refractivity contribution in [2.75, 3.05) is 19.6 Å². The van der Waals surface area contributed by atoms with Crippen LogP contribution in [0, 0.1) is 11.3 Å². The monoisotopic (exact) mass is 310 g/mol. The zero-order valence-corrected chi connectivity index (χ0v) is 15.0. The summed E-state index contributed by atoms with van der Waals surface area (Å²) in [6.45, 7) is 13.0. The van der Waals surface area contributed by atoms with Crippen LogP contribution < -0.4 is 5.32 Å². The Morgan fingerprint density at radius 2 is 1.73 bits per heavy atom. The summed E-state index contributed by atoms with van der Waals surface area (Å²) >= 11 is 0. The lowest BCUT2D eigenvalue weighted by atomic mass is 9.69. The van der Waals surface area contributed by atoms with Crippen molar-refractivity contribution in [2.45, 2.75) is 78.6 Å². The number of carbonyl (C=O) groups excluding carboxylic acids is 1. The third-order valence-corrected chi connectivity index (χ3v) is 5.17. The van der Waals surface area contributed by atoms with Crippen molar-refractivity contribution in [3.8, 4) is 0 Å². The van der Waals surface area contributed by atoms with Gasteiger partial charge in [-0.05, 0) is 38.0 Å². The van der Waals surface area contributed by atoms with Gasteiger partial charge in [-0.2, -0.15) is 0 Å². The van der Waals surface area contributed by atoms with Crippen molar-refractivity contribution in [1.29, 1.82) is 0 Å². The zero-order valence-electron chi connectivity index (χ0n) is 15.0. The van der Waals surface area contributed by atoms with Gasteiger partial charge in [0.1, 0.15) is 0 Å². The molecule has 22 heavy (non-hydrogen) atoms. The fourth-order valence-corrected chi connectivity index (χ4v) is 4.12. The van der Waals surface area contributed by atoms with E-state index >= 15 is 0 Å². The molecule has 0 radical (unpaired) electrons. The first-order valence-electron chi connectivity index (χ1n) is 8.94. The smallest absolute Gasteiger partial charge is 0.236 e. The first-order chi connectivity index (χ1) is 10.3. The van der Waals surface area contributed by atoms with E-state index < -0.39 is 0 Å². The molecule has 0 spiro atoms. The molecule has 2 rings (SSSR count). The first kappa shape index (κ1) is 17.7. The maximum atomic E-state index is 12.5. The van der Waals surface area contributed by atoms with Crippen LogP contribution in [0.15, 0.2) is 0 Å². The zero-order chi connectivity index (χ0) is 16.3. The molecule has 1 heterocycles. The van der Waals surface area contributed by atoms with E-state index in [4.69, 9.17) is 4.74 Å². The molecule has 1 aliphatic carbocycles. The second kappa shape index (κ2) is 7.31. The number of rotatable bonds is 3. The summed E-state index contributed by atoms with van der Waals surface area (Å²) in [5.74, 6) is 0.886. The number of morpholine rings is 1. The fourth-order valence-electron chi connectivity index (χ4n) is 4.12. The third kappa shape index (κ3) is 4.69. The molecule has 1 amide bonds.